The Labute approximate surface area is 177 Å². The Bertz CT molecular complexity index is 949. The predicted octanol–water partition coefficient (Wildman–Crippen LogP) is 2.73. The molecule has 0 saturated carbocycles. The van der Waals surface area contributed by atoms with E-state index in [0.717, 1.165) is 0 Å². The molecule has 0 saturated heterocycles. The van der Waals surface area contributed by atoms with Crippen molar-refractivity contribution in [3.8, 4) is 11.1 Å². The van der Waals surface area contributed by atoms with Crippen LogP contribution in [0.4, 0.5) is 4.39 Å². The molecule has 0 aromatic heterocycles. The molecule has 0 aliphatic heterocycles. The summed E-state index contributed by atoms with van der Waals surface area (Å²) in [4.78, 5) is 34.0. The first-order chi connectivity index (χ1) is 14.1. The molecule has 4 N–H and O–H groups in total. The number of amides is 1. The van der Waals surface area contributed by atoms with E-state index >= 15 is 0 Å². The number of benzene rings is 2. The number of carboxylic acids is 2. The summed E-state index contributed by atoms with van der Waals surface area (Å²) in [6, 6.07) is 9.89. The van der Waals surface area contributed by atoms with E-state index < -0.39 is 41.7 Å². The normalized spacial score (nSPS) is 13.9. The molecule has 30 heavy (non-hydrogen) atoms. The zero-order valence-corrected chi connectivity index (χ0v) is 16.8. The van der Waals surface area contributed by atoms with Crippen LogP contribution in [0, 0.1) is 11.2 Å². The SMILES string of the molecule is C[C@@](CO)(C[C@@H](Cc1ccc(-c2cc(F)ccc2Cl)cc1)NC(=O)C(=O)O)C(=O)O. The first-order valence-corrected chi connectivity index (χ1v) is 9.36. The molecule has 0 radical (unpaired) electrons. The predicted molar refractivity (Wildman–Crippen MR) is 108 cm³/mol. The minimum Gasteiger partial charge on any atom is -0.481 e. The van der Waals surface area contributed by atoms with Crippen LogP contribution in [0.5, 0.6) is 0 Å². The first-order valence-electron chi connectivity index (χ1n) is 8.98. The summed E-state index contributed by atoms with van der Waals surface area (Å²) >= 11 is 6.11. The molecule has 7 nitrogen and oxygen atoms in total. The van der Waals surface area contributed by atoms with Crippen molar-refractivity contribution in [1.29, 1.82) is 0 Å². The Balaban J connectivity index is 2.26. The quantitative estimate of drug-likeness (QED) is 0.471. The molecule has 2 aromatic rings. The van der Waals surface area contributed by atoms with Gasteiger partial charge in [0.1, 0.15) is 5.82 Å². The molecule has 0 aliphatic rings. The number of hydrogen-bond donors (Lipinski definition) is 4. The molecule has 0 aliphatic carbocycles. The number of nitrogens with one attached hydrogen (secondary N) is 1. The van der Waals surface area contributed by atoms with E-state index in [9.17, 15) is 29.0 Å². The number of aliphatic carboxylic acids is 2. The van der Waals surface area contributed by atoms with Gasteiger partial charge in [0.05, 0.1) is 12.0 Å². The fourth-order valence-electron chi connectivity index (χ4n) is 3.01. The molecular weight excluding hydrogens is 417 g/mol. The fraction of sp³-hybridized carbons (Fsp3) is 0.286. The first kappa shape index (κ1) is 23.3. The molecule has 2 aromatic carbocycles. The van der Waals surface area contributed by atoms with Gasteiger partial charge in [-0.25, -0.2) is 9.18 Å². The number of carboxylic acid groups (broad SMARTS) is 2. The molecule has 0 spiro atoms. The average Bonchev–Trinajstić information content (AvgIpc) is 2.70. The van der Waals surface area contributed by atoms with Gasteiger partial charge in [-0.1, -0.05) is 35.9 Å². The molecule has 160 valence electrons. The maximum atomic E-state index is 13.5. The van der Waals surface area contributed by atoms with Gasteiger partial charge < -0.3 is 20.6 Å². The number of carbonyl (C=O) groups excluding carboxylic acids is 1. The minimum atomic E-state index is -1.70. The Hall–Kier alpha value is -2.97. The lowest BCUT2D eigenvalue weighted by Gasteiger charge is -2.28. The van der Waals surface area contributed by atoms with Crippen molar-refractivity contribution in [3.63, 3.8) is 0 Å². The van der Waals surface area contributed by atoms with Gasteiger partial charge in [0.25, 0.3) is 0 Å². The summed E-state index contributed by atoms with van der Waals surface area (Å²) in [5.41, 5.74) is 0.260. The van der Waals surface area contributed by atoms with Crippen molar-refractivity contribution >= 4 is 29.4 Å². The topological polar surface area (TPSA) is 124 Å². The Morgan fingerprint density at radius 3 is 2.30 bits per heavy atom. The number of aliphatic hydroxyl groups excluding tert-OH is 1. The van der Waals surface area contributed by atoms with E-state index in [-0.39, 0.29) is 12.8 Å². The average molecular weight is 438 g/mol. The number of rotatable bonds is 8. The van der Waals surface area contributed by atoms with Crippen LogP contribution in [0.25, 0.3) is 11.1 Å². The highest BCUT2D eigenvalue weighted by atomic mass is 35.5. The maximum Gasteiger partial charge on any atom is 0.394 e. The van der Waals surface area contributed by atoms with Gasteiger partial charge in [-0.2, -0.15) is 0 Å². The van der Waals surface area contributed by atoms with Gasteiger partial charge in [0.15, 0.2) is 0 Å². The second kappa shape index (κ2) is 9.69. The number of carbonyl (C=O) groups is 3. The molecule has 1 amide bonds. The van der Waals surface area contributed by atoms with Crippen LogP contribution in [0.2, 0.25) is 5.02 Å². The lowest BCUT2D eigenvalue weighted by Crippen LogP contribution is -2.46. The van der Waals surface area contributed by atoms with E-state index in [1.807, 2.05) is 0 Å². The highest BCUT2D eigenvalue weighted by Crippen LogP contribution is 2.29. The van der Waals surface area contributed by atoms with Crippen LogP contribution in [0.1, 0.15) is 18.9 Å². The molecule has 2 rings (SSSR count). The van der Waals surface area contributed by atoms with Gasteiger partial charge in [0.2, 0.25) is 0 Å². The third-order valence-electron chi connectivity index (χ3n) is 4.77. The van der Waals surface area contributed by atoms with Crippen LogP contribution in [-0.2, 0) is 20.8 Å². The summed E-state index contributed by atoms with van der Waals surface area (Å²) in [6.45, 7) is 0.628. The van der Waals surface area contributed by atoms with Crippen molar-refractivity contribution in [3.05, 3.63) is 58.9 Å². The molecule has 0 heterocycles. The maximum absolute atomic E-state index is 13.5. The smallest absolute Gasteiger partial charge is 0.394 e. The number of aliphatic hydroxyl groups is 1. The van der Waals surface area contributed by atoms with E-state index in [1.165, 1.54) is 25.1 Å². The lowest BCUT2D eigenvalue weighted by molar-refractivity contribution is -0.152. The van der Waals surface area contributed by atoms with Gasteiger partial charge in [-0.05, 0) is 49.1 Å². The van der Waals surface area contributed by atoms with E-state index in [2.05, 4.69) is 5.32 Å². The zero-order valence-electron chi connectivity index (χ0n) is 16.1. The van der Waals surface area contributed by atoms with Crippen molar-refractivity contribution in [2.75, 3.05) is 6.61 Å². The van der Waals surface area contributed by atoms with Gasteiger partial charge in [-0.15, -0.1) is 0 Å². The van der Waals surface area contributed by atoms with E-state index in [4.69, 9.17) is 16.7 Å². The van der Waals surface area contributed by atoms with Crippen molar-refractivity contribution in [2.24, 2.45) is 5.41 Å². The minimum absolute atomic E-state index is 0.124. The Morgan fingerprint density at radius 2 is 1.77 bits per heavy atom. The summed E-state index contributed by atoms with van der Waals surface area (Å²) in [6.07, 6.45) is -0.0611. The van der Waals surface area contributed by atoms with Gasteiger partial charge >= 0.3 is 17.8 Å². The molecule has 0 bridgehead atoms. The van der Waals surface area contributed by atoms with Crippen molar-refractivity contribution in [2.45, 2.75) is 25.8 Å². The highest BCUT2D eigenvalue weighted by Gasteiger charge is 2.36. The van der Waals surface area contributed by atoms with Crippen LogP contribution < -0.4 is 5.32 Å². The van der Waals surface area contributed by atoms with Gasteiger partial charge in [0, 0.05) is 16.6 Å². The highest BCUT2D eigenvalue weighted by molar-refractivity contribution is 6.33. The molecule has 0 fully saturated rings. The number of hydrogen-bond acceptors (Lipinski definition) is 4. The second-order valence-electron chi connectivity index (χ2n) is 7.23. The monoisotopic (exact) mass is 437 g/mol. The summed E-state index contributed by atoms with van der Waals surface area (Å²) < 4.78 is 13.5. The van der Waals surface area contributed by atoms with Crippen molar-refractivity contribution in [1.82, 2.24) is 5.32 Å². The summed E-state index contributed by atoms with van der Waals surface area (Å²) in [7, 11) is 0. The molecule has 2 atom stereocenters. The second-order valence-corrected chi connectivity index (χ2v) is 7.64. The standard InChI is InChI=1S/C21H21ClFNO6/c1-21(11-25,20(29)30)10-15(24-18(26)19(27)28)8-12-2-4-13(5-3-12)16-9-14(23)6-7-17(16)22/h2-7,9,15,25H,8,10-11H2,1H3,(H,24,26)(H,27,28)(H,29,30)/t15-,21+/m1/s1. The Morgan fingerprint density at radius 1 is 1.13 bits per heavy atom. The lowest BCUT2D eigenvalue weighted by atomic mass is 9.82. The summed E-state index contributed by atoms with van der Waals surface area (Å²) in [5, 5.41) is 30.4. The number of halogens is 2. The summed E-state index contributed by atoms with van der Waals surface area (Å²) in [5.74, 6) is -4.67. The third-order valence-corrected chi connectivity index (χ3v) is 5.10. The van der Waals surface area contributed by atoms with Crippen LogP contribution in [-0.4, -0.2) is 45.8 Å². The van der Waals surface area contributed by atoms with E-state index in [0.29, 0.717) is 21.7 Å². The van der Waals surface area contributed by atoms with E-state index in [1.54, 1.807) is 24.3 Å². The largest absolute Gasteiger partial charge is 0.481 e. The van der Waals surface area contributed by atoms with Gasteiger partial charge in [-0.3, -0.25) is 9.59 Å². The van der Waals surface area contributed by atoms with Crippen LogP contribution in [0.15, 0.2) is 42.5 Å². The van der Waals surface area contributed by atoms with Crippen molar-refractivity contribution < 1.29 is 34.1 Å². The third kappa shape index (κ3) is 5.77. The molecular formula is C21H21ClFNO6. The molecule has 9 heteroatoms. The molecule has 0 unspecified atom stereocenters. The zero-order chi connectivity index (χ0) is 22.5. The fourth-order valence-corrected chi connectivity index (χ4v) is 3.23. The van der Waals surface area contributed by atoms with Crippen LogP contribution in [0.3, 0.4) is 0 Å². The van der Waals surface area contributed by atoms with Crippen LogP contribution >= 0.6 is 11.6 Å². The Kier molecular flexibility index (Phi) is 7.53.